The van der Waals surface area contributed by atoms with Gasteiger partial charge in [-0.15, -0.1) is 0 Å². The van der Waals surface area contributed by atoms with Gasteiger partial charge in [0.25, 0.3) is 5.91 Å². The summed E-state index contributed by atoms with van der Waals surface area (Å²) in [6.07, 6.45) is -12.0. The van der Waals surface area contributed by atoms with Gasteiger partial charge < -0.3 is 10.4 Å². The van der Waals surface area contributed by atoms with Gasteiger partial charge in [0.15, 0.2) is 11.8 Å². The number of carbonyl (C=O) groups is 1. The van der Waals surface area contributed by atoms with Gasteiger partial charge >= 0.3 is 12.4 Å². The summed E-state index contributed by atoms with van der Waals surface area (Å²) < 4.78 is 82.3. The number of aliphatic hydroxyl groups excluding tert-OH is 1. The summed E-state index contributed by atoms with van der Waals surface area (Å²) in [6.45, 7) is 0.796. The number of aliphatic hydroxyl groups is 1. The second-order valence-corrected chi connectivity index (χ2v) is 8.29. The van der Waals surface area contributed by atoms with Crippen LogP contribution < -0.4 is 5.32 Å². The van der Waals surface area contributed by atoms with Crippen molar-refractivity contribution in [1.29, 1.82) is 0 Å². The van der Waals surface area contributed by atoms with Crippen molar-refractivity contribution in [2.45, 2.75) is 25.4 Å². The second-order valence-electron chi connectivity index (χ2n) is 7.32. The van der Waals surface area contributed by atoms with E-state index in [2.05, 4.69) is 4.37 Å². The molecular formula is C21H15F6N3O2S. The molecule has 2 aromatic carbocycles. The Bertz CT molecular complexity index is 1340. The third-order valence-corrected chi connectivity index (χ3v) is 5.85. The van der Waals surface area contributed by atoms with Crippen molar-refractivity contribution in [3.05, 3.63) is 58.5 Å². The molecule has 5 nitrogen and oxygen atoms in total. The molecule has 174 valence electrons. The second kappa shape index (κ2) is 8.03. The fraction of sp³-hybridized carbons (Fsp3) is 0.238. The van der Waals surface area contributed by atoms with Crippen molar-refractivity contribution in [3.8, 4) is 5.69 Å². The van der Waals surface area contributed by atoms with Gasteiger partial charge in [-0.2, -0.15) is 30.7 Å². The number of carbonyl (C=O) groups excluding carboxylic acids is 1. The zero-order valence-electron chi connectivity index (χ0n) is 16.8. The minimum Gasteiger partial charge on any atom is -0.382 e. The van der Waals surface area contributed by atoms with E-state index in [4.69, 9.17) is 5.11 Å². The van der Waals surface area contributed by atoms with Gasteiger partial charge in [-0.3, -0.25) is 9.36 Å². The monoisotopic (exact) mass is 487 g/mol. The maximum atomic E-state index is 12.9. The summed E-state index contributed by atoms with van der Waals surface area (Å²) in [5.41, 5.74) is 0.744. The molecule has 0 aliphatic rings. The molecule has 2 heterocycles. The number of nitrogens with one attached hydrogen (secondary N) is 1. The van der Waals surface area contributed by atoms with Crippen LogP contribution in [0.1, 0.15) is 20.8 Å². The molecule has 0 radical (unpaired) electrons. The van der Waals surface area contributed by atoms with E-state index < -0.39 is 36.5 Å². The van der Waals surface area contributed by atoms with Crippen LogP contribution in [0.25, 0.3) is 27.6 Å². The van der Waals surface area contributed by atoms with Crippen molar-refractivity contribution < 1.29 is 36.2 Å². The lowest BCUT2D eigenvalue weighted by atomic mass is 10.1. The minimum absolute atomic E-state index is 0.0638. The molecule has 0 saturated carbocycles. The third kappa shape index (κ3) is 4.27. The molecule has 0 bridgehead atoms. The Morgan fingerprint density at radius 3 is 2.39 bits per heavy atom. The first-order chi connectivity index (χ1) is 15.4. The smallest absolute Gasteiger partial charge is 0.382 e. The predicted molar refractivity (Wildman–Crippen MR) is 111 cm³/mol. The number of hydrogen-bond donors (Lipinski definition) is 2. The van der Waals surface area contributed by atoms with Crippen molar-refractivity contribution in [1.82, 2.24) is 14.3 Å². The number of benzene rings is 2. The first kappa shape index (κ1) is 23.1. The lowest BCUT2D eigenvalue weighted by molar-refractivity contribution is -0.201. The Morgan fingerprint density at radius 2 is 1.79 bits per heavy atom. The maximum Gasteiger partial charge on any atom is 0.416 e. The Labute approximate surface area is 186 Å². The van der Waals surface area contributed by atoms with E-state index in [0.29, 0.717) is 27.6 Å². The van der Waals surface area contributed by atoms with E-state index in [1.165, 1.54) is 35.8 Å². The number of nitrogens with zero attached hydrogens (tertiary/aromatic N) is 2. The van der Waals surface area contributed by atoms with E-state index in [1.54, 1.807) is 17.6 Å². The lowest BCUT2D eigenvalue weighted by Gasteiger charge is -2.15. The Kier molecular flexibility index (Phi) is 5.61. The maximum absolute atomic E-state index is 12.9. The SMILES string of the molecule is Cc1snc2c1c1cc(C(=O)NC[C@@H](O)C(F)(F)F)ccc1n2-c1ccc(C(F)(F)F)cc1. The van der Waals surface area contributed by atoms with E-state index in [0.717, 1.165) is 17.0 Å². The fourth-order valence-electron chi connectivity index (χ4n) is 3.48. The average Bonchev–Trinajstić information content (AvgIpc) is 3.27. The molecule has 1 atom stereocenters. The van der Waals surface area contributed by atoms with Gasteiger partial charge in [0, 0.05) is 26.9 Å². The summed E-state index contributed by atoms with van der Waals surface area (Å²) in [4.78, 5) is 13.2. The lowest BCUT2D eigenvalue weighted by Crippen LogP contribution is -2.40. The first-order valence-corrected chi connectivity index (χ1v) is 10.3. The number of fused-ring (bicyclic) bond motifs is 3. The van der Waals surface area contributed by atoms with E-state index >= 15 is 0 Å². The van der Waals surface area contributed by atoms with Gasteiger partial charge in [-0.05, 0) is 60.9 Å². The Morgan fingerprint density at radius 1 is 1.12 bits per heavy atom. The summed E-state index contributed by atoms with van der Waals surface area (Å²) in [6, 6.07) is 8.96. The van der Waals surface area contributed by atoms with Gasteiger partial charge in [0.2, 0.25) is 0 Å². The van der Waals surface area contributed by atoms with Crippen LogP contribution in [0.4, 0.5) is 26.3 Å². The molecule has 1 amide bonds. The van der Waals surface area contributed by atoms with Crippen molar-refractivity contribution in [2.24, 2.45) is 0 Å². The van der Waals surface area contributed by atoms with E-state index in [9.17, 15) is 31.1 Å². The molecule has 2 aromatic heterocycles. The van der Waals surface area contributed by atoms with Crippen molar-refractivity contribution in [2.75, 3.05) is 6.54 Å². The molecule has 0 saturated heterocycles. The minimum atomic E-state index is -4.86. The predicted octanol–water partition coefficient (Wildman–Crippen LogP) is 5.22. The van der Waals surface area contributed by atoms with E-state index in [-0.39, 0.29) is 5.56 Å². The molecule has 0 spiro atoms. The number of hydrogen-bond acceptors (Lipinski definition) is 4. The zero-order chi connectivity index (χ0) is 24.1. The third-order valence-electron chi connectivity index (χ3n) is 5.11. The molecule has 12 heteroatoms. The van der Waals surface area contributed by atoms with Crippen LogP contribution in [0.2, 0.25) is 0 Å². The van der Waals surface area contributed by atoms with Crippen LogP contribution in [0, 0.1) is 6.92 Å². The van der Waals surface area contributed by atoms with Crippen molar-refractivity contribution >= 4 is 39.4 Å². The highest BCUT2D eigenvalue weighted by molar-refractivity contribution is 7.07. The Balaban J connectivity index is 1.75. The molecule has 33 heavy (non-hydrogen) atoms. The number of rotatable bonds is 4. The van der Waals surface area contributed by atoms with Gasteiger partial charge in [0.1, 0.15) is 0 Å². The quantitative estimate of drug-likeness (QED) is 0.388. The summed E-state index contributed by atoms with van der Waals surface area (Å²) >= 11 is 1.18. The van der Waals surface area contributed by atoms with Gasteiger partial charge in [-0.1, -0.05) is 0 Å². The largest absolute Gasteiger partial charge is 0.416 e. The highest BCUT2D eigenvalue weighted by Crippen LogP contribution is 2.37. The molecular weight excluding hydrogens is 472 g/mol. The van der Waals surface area contributed by atoms with Crippen LogP contribution in [0.5, 0.6) is 0 Å². The van der Waals surface area contributed by atoms with Crippen LogP contribution in [0.3, 0.4) is 0 Å². The number of aryl methyl sites for hydroxylation is 1. The molecule has 0 unspecified atom stereocenters. The summed E-state index contributed by atoms with van der Waals surface area (Å²) in [5.74, 6) is -0.809. The standard InChI is InChI=1S/C21H15F6N3O2S/c1-10-17-14-8-11(19(32)28-9-16(31)21(25,26)27)2-7-15(14)30(18(17)29-33-10)13-5-3-12(4-6-13)20(22,23)24/h2-8,16,31H,9H2,1H3,(H,28,32)/t16-/m1/s1. The summed E-state index contributed by atoms with van der Waals surface area (Å²) in [7, 11) is 0. The molecule has 0 aliphatic carbocycles. The number of aromatic nitrogens is 2. The number of alkyl halides is 6. The average molecular weight is 487 g/mol. The molecule has 2 N–H and O–H groups in total. The molecule has 0 fully saturated rings. The fourth-order valence-corrected chi connectivity index (χ4v) is 4.17. The van der Waals surface area contributed by atoms with Crippen molar-refractivity contribution in [3.63, 3.8) is 0 Å². The van der Waals surface area contributed by atoms with E-state index in [1.807, 2.05) is 5.32 Å². The van der Waals surface area contributed by atoms with Gasteiger partial charge in [0.05, 0.1) is 17.6 Å². The normalized spacial score (nSPS) is 13.6. The van der Waals surface area contributed by atoms with Gasteiger partial charge in [-0.25, -0.2) is 0 Å². The highest BCUT2D eigenvalue weighted by atomic mass is 32.1. The molecule has 4 rings (SSSR count). The zero-order valence-corrected chi connectivity index (χ0v) is 17.6. The van der Waals surface area contributed by atoms with Crippen LogP contribution in [-0.2, 0) is 6.18 Å². The van der Waals surface area contributed by atoms with Crippen LogP contribution in [-0.4, -0.2) is 38.8 Å². The topological polar surface area (TPSA) is 67.2 Å². The van der Waals surface area contributed by atoms with Crippen LogP contribution in [0.15, 0.2) is 42.5 Å². The Hall–Kier alpha value is -3.12. The summed E-state index contributed by atoms with van der Waals surface area (Å²) in [5, 5.41) is 12.4. The molecule has 4 aromatic rings. The number of amides is 1. The highest BCUT2D eigenvalue weighted by Gasteiger charge is 2.38. The molecule has 0 aliphatic heterocycles. The first-order valence-electron chi connectivity index (χ1n) is 9.49. The van der Waals surface area contributed by atoms with Crippen LogP contribution >= 0.6 is 11.5 Å². The number of halogens is 6.